The van der Waals surface area contributed by atoms with Crippen LogP contribution in [0.3, 0.4) is 0 Å². The van der Waals surface area contributed by atoms with Crippen LogP contribution in [0.2, 0.25) is 0 Å². The third-order valence-electron chi connectivity index (χ3n) is 2.25. The molecule has 20 heavy (non-hydrogen) atoms. The zero-order valence-electron chi connectivity index (χ0n) is 11.3. The zero-order chi connectivity index (χ0) is 15.0. The molecule has 0 spiro atoms. The fourth-order valence-corrected chi connectivity index (χ4v) is 1.46. The van der Waals surface area contributed by atoms with Gasteiger partial charge < -0.3 is 9.47 Å². The molecule has 1 aromatic carbocycles. The van der Waals surface area contributed by atoms with E-state index in [-0.39, 0.29) is 6.61 Å². The van der Waals surface area contributed by atoms with Crippen LogP contribution in [-0.2, 0) is 19.1 Å². The first-order valence-corrected chi connectivity index (χ1v) is 5.89. The summed E-state index contributed by atoms with van der Waals surface area (Å²) in [4.78, 5) is 21.6. The Labute approximate surface area is 118 Å². The molecule has 0 saturated heterocycles. The maximum absolute atomic E-state index is 11.0. The van der Waals surface area contributed by atoms with E-state index < -0.39 is 18.0 Å². The van der Waals surface area contributed by atoms with Crippen LogP contribution in [0.4, 0.5) is 0 Å². The topological polar surface area (TPSA) is 52.6 Å². The molecule has 0 saturated carbocycles. The molecule has 0 heterocycles. The molecule has 4 nitrogen and oxygen atoms in total. The Kier molecular flexibility index (Phi) is 5.87. The van der Waals surface area contributed by atoms with E-state index in [2.05, 4.69) is 17.8 Å². The largest absolute Gasteiger partial charge is 0.453 e. The van der Waals surface area contributed by atoms with Crippen LogP contribution in [0, 0.1) is 24.2 Å². The van der Waals surface area contributed by atoms with Gasteiger partial charge in [-0.15, -0.1) is 6.42 Å². The van der Waals surface area contributed by atoms with Gasteiger partial charge in [-0.25, -0.2) is 0 Å². The molecular weight excluding hydrogens is 256 g/mol. The Morgan fingerprint density at radius 1 is 1.25 bits per heavy atom. The van der Waals surface area contributed by atoms with Gasteiger partial charge in [0.25, 0.3) is 0 Å². The van der Waals surface area contributed by atoms with E-state index in [1.807, 2.05) is 0 Å². The van der Waals surface area contributed by atoms with Crippen molar-refractivity contribution in [2.45, 2.75) is 20.0 Å². The summed E-state index contributed by atoms with van der Waals surface area (Å²) in [5, 5.41) is 0. The number of hydrogen-bond acceptors (Lipinski definition) is 4. The quantitative estimate of drug-likeness (QED) is 0.621. The van der Waals surface area contributed by atoms with Crippen molar-refractivity contribution >= 4 is 11.9 Å². The molecule has 0 N–H and O–H groups in total. The Morgan fingerprint density at radius 3 is 2.55 bits per heavy atom. The Balaban J connectivity index is 2.95. The van der Waals surface area contributed by atoms with Gasteiger partial charge in [-0.3, -0.25) is 9.59 Å². The number of ether oxygens (including phenoxy) is 2. The smallest absolute Gasteiger partial charge is 0.304 e. The van der Waals surface area contributed by atoms with Gasteiger partial charge in [0.2, 0.25) is 0 Å². The normalized spacial score (nSPS) is 10.4. The van der Waals surface area contributed by atoms with Crippen molar-refractivity contribution < 1.29 is 19.1 Å². The molecule has 0 fully saturated rings. The Morgan fingerprint density at radius 2 is 1.95 bits per heavy atom. The molecule has 0 amide bonds. The van der Waals surface area contributed by atoms with Gasteiger partial charge in [-0.2, -0.15) is 0 Å². The van der Waals surface area contributed by atoms with Crippen LogP contribution in [0.15, 0.2) is 24.3 Å². The Bertz CT molecular complexity index is 599. The highest BCUT2D eigenvalue weighted by Gasteiger charge is 2.14. The standard InChI is InChI=1S/C16H14O4/c1-4-16(20-13(3)18)15-10-6-5-8-14(15)9-7-11-19-12(2)17/h1,5-6,8,10,16H,11H2,2-3H3. The molecule has 0 radical (unpaired) electrons. The molecule has 1 atom stereocenters. The average molecular weight is 270 g/mol. The van der Waals surface area contributed by atoms with E-state index in [0.29, 0.717) is 11.1 Å². The number of benzene rings is 1. The summed E-state index contributed by atoms with van der Waals surface area (Å²) in [6.45, 7) is 2.60. The SMILES string of the molecule is C#CC(OC(C)=O)c1ccccc1C#CCOC(C)=O. The van der Waals surface area contributed by atoms with Crippen molar-refractivity contribution in [2.24, 2.45) is 0 Å². The van der Waals surface area contributed by atoms with Crippen molar-refractivity contribution in [3.63, 3.8) is 0 Å². The van der Waals surface area contributed by atoms with E-state index in [9.17, 15) is 9.59 Å². The first-order valence-electron chi connectivity index (χ1n) is 5.89. The van der Waals surface area contributed by atoms with E-state index in [4.69, 9.17) is 15.9 Å². The molecule has 0 aliphatic carbocycles. The van der Waals surface area contributed by atoms with Gasteiger partial charge in [0.15, 0.2) is 12.7 Å². The monoisotopic (exact) mass is 270 g/mol. The molecule has 1 aromatic rings. The van der Waals surface area contributed by atoms with Crippen LogP contribution in [0.25, 0.3) is 0 Å². The lowest BCUT2D eigenvalue weighted by atomic mass is 10.0. The number of rotatable bonds is 3. The van der Waals surface area contributed by atoms with Crippen LogP contribution < -0.4 is 0 Å². The van der Waals surface area contributed by atoms with Crippen LogP contribution in [-0.4, -0.2) is 18.5 Å². The van der Waals surface area contributed by atoms with Crippen molar-refractivity contribution in [1.82, 2.24) is 0 Å². The van der Waals surface area contributed by atoms with E-state index in [1.165, 1.54) is 13.8 Å². The second-order valence-electron chi connectivity index (χ2n) is 3.83. The summed E-state index contributed by atoms with van der Waals surface area (Å²) >= 11 is 0. The molecule has 1 rings (SSSR count). The highest BCUT2D eigenvalue weighted by molar-refractivity contribution is 5.67. The third kappa shape index (κ3) is 4.88. The molecule has 1 unspecified atom stereocenters. The highest BCUT2D eigenvalue weighted by atomic mass is 16.5. The predicted molar refractivity (Wildman–Crippen MR) is 73.3 cm³/mol. The molecular formula is C16H14O4. The minimum Gasteiger partial charge on any atom is -0.453 e. The summed E-state index contributed by atoms with van der Waals surface area (Å²) in [6, 6.07) is 7.06. The lowest BCUT2D eigenvalue weighted by Crippen LogP contribution is -2.08. The fraction of sp³-hybridized carbons (Fsp3) is 0.250. The van der Waals surface area contributed by atoms with E-state index in [1.54, 1.807) is 24.3 Å². The first kappa shape index (κ1) is 15.3. The van der Waals surface area contributed by atoms with Crippen molar-refractivity contribution in [1.29, 1.82) is 0 Å². The summed E-state index contributed by atoms with van der Waals surface area (Å²) in [6.07, 6.45) is 4.59. The van der Waals surface area contributed by atoms with Gasteiger partial charge in [0.1, 0.15) is 0 Å². The highest BCUT2D eigenvalue weighted by Crippen LogP contribution is 2.20. The van der Waals surface area contributed by atoms with Gasteiger partial charge in [0, 0.05) is 25.0 Å². The third-order valence-corrected chi connectivity index (χ3v) is 2.25. The number of carbonyl (C=O) groups excluding carboxylic acids is 2. The molecule has 0 aromatic heterocycles. The van der Waals surface area contributed by atoms with Gasteiger partial charge in [-0.05, 0) is 6.07 Å². The summed E-state index contributed by atoms with van der Waals surface area (Å²) in [7, 11) is 0. The number of terminal acetylenes is 1. The zero-order valence-corrected chi connectivity index (χ0v) is 11.3. The lowest BCUT2D eigenvalue weighted by molar-refractivity contribution is -0.144. The lowest BCUT2D eigenvalue weighted by Gasteiger charge is -2.12. The van der Waals surface area contributed by atoms with Crippen molar-refractivity contribution in [3.05, 3.63) is 35.4 Å². The molecule has 0 aliphatic heterocycles. The van der Waals surface area contributed by atoms with E-state index >= 15 is 0 Å². The van der Waals surface area contributed by atoms with Crippen LogP contribution >= 0.6 is 0 Å². The number of carbonyl (C=O) groups is 2. The summed E-state index contributed by atoms with van der Waals surface area (Å²) in [5.74, 6) is 7.09. The van der Waals surface area contributed by atoms with Gasteiger partial charge >= 0.3 is 11.9 Å². The molecule has 102 valence electrons. The van der Waals surface area contributed by atoms with E-state index in [0.717, 1.165) is 0 Å². The minimum absolute atomic E-state index is 0.00203. The second-order valence-corrected chi connectivity index (χ2v) is 3.83. The van der Waals surface area contributed by atoms with Crippen LogP contribution in [0.5, 0.6) is 0 Å². The van der Waals surface area contributed by atoms with Crippen molar-refractivity contribution in [3.8, 4) is 24.2 Å². The molecule has 4 heteroatoms. The summed E-state index contributed by atoms with van der Waals surface area (Å²) < 4.78 is 9.76. The van der Waals surface area contributed by atoms with Gasteiger partial charge in [-0.1, -0.05) is 36.0 Å². The number of esters is 2. The second kappa shape index (κ2) is 7.66. The van der Waals surface area contributed by atoms with Crippen molar-refractivity contribution in [2.75, 3.05) is 6.61 Å². The summed E-state index contributed by atoms with van der Waals surface area (Å²) in [5.41, 5.74) is 1.25. The maximum Gasteiger partial charge on any atom is 0.304 e. The maximum atomic E-state index is 11.0. The minimum atomic E-state index is -0.785. The molecule has 0 aliphatic rings. The average Bonchev–Trinajstić information content (AvgIpc) is 2.41. The molecule has 0 bridgehead atoms. The predicted octanol–water partition coefficient (Wildman–Crippen LogP) is 1.84. The Hall–Kier alpha value is -2.72. The van der Waals surface area contributed by atoms with Crippen LogP contribution in [0.1, 0.15) is 31.1 Å². The first-order chi connectivity index (χ1) is 9.54. The van der Waals surface area contributed by atoms with Gasteiger partial charge in [0.05, 0.1) is 0 Å². The fourth-order valence-electron chi connectivity index (χ4n) is 1.46. The number of hydrogen-bond donors (Lipinski definition) is 0.